The molecule has 0 aromatic heterocycles. The van der Waals surface area contributed by atoms with E-state index in [1.54, 1.807) is 18.2 Å². The Bertz CT molecular complexity index is 377. The summed E-state index contributed by atoms with van der Waals surface area (Å²) in [5, 5.41) is 0. The van der Waals surface area contributed by atoms with Crippen molar-refractivity contribution in [1.29, 1.82) is 0 Å². The van der Waals surface area contributed by atoms with Gasteiger partial charge in [-0.1, -0.05) is 17.7 Å². The second kappa shape index (κ2) is 5.11. The van der Waals surface area contributed by atoms with E-state index in [-0.39, 0.29) is 12.5 Å². The van der Waals surface area contributed by atoms with Gasteiger partial charge in [0.05, 0.1) is 6.54 Å². The summed E-state index contributed by atoms with van der Waals surface area (Å²) >= 11 is 0. The predicted octanol–water partition coefficient (Wildman–Crippen LogP) is -0.285. The number of rotatable bonds is 2. The van der Waals surface area contributed by atoms with Gasteiger partial charge in [0.1, 0.15) is 0 Å². The van der Waals surface area contributed by atoms with Crippen LogP contribution in [0.3, 0.4) is 0 Å². The number of hydrogen-bond donors (Lipinski definition) is 3. The van der Waals surface area contributed by atoms with Crippen molar-refractivity contribution >= 4 is 11.8 Å². The third kappa shape index (κ3) is 3.40. The maximum absolute atomic E-state index is 11.5. The lowest BCUT2D eigenvalue weighted by atomic mass is 10.1. The van der Waals surface area contributed by atoms with Gasteiger partial charge in [0.25, 0.3) is 11.8 Å². The van der Waals surface area contributed by atoms with Gasteiger partial charge in [0.2, 0.25) is 0 Å². The van der Waals surface area contributed by atoms with Crippen LogP contribution in [0.5, 0.6) is 0 Å². The Morgan fingerprint density at radius 2 is 2.07 bits per heavy atom. The van der Waals surface area contributed by atoms with E-state index in [2.05, 4.69) is 10.9 Å². The molecule has 5 nitrogen and oxygen atoms in total. The highest BCUT2D eigenvalue weighted by Gasteiger charge is 2.05. The van der Waals surface area contributed by atoms with Crippen LogP contribution in [0.15, 0.2) is 24.3 Å². The molecule has 0 aliphatic carbocycles. The van der Waals surface area contributed by atoms with Crippen molar-refractivity contribution in [2.24, 2.45) is 5.73 Å². The van der Waals surface area contributed by atoms with Crippen LogP contribution in [0.2, 0.25) is 0 Å². The lowest BCUT2D eigenvalue weighted by molar-refractivity contribution is -0.120. The second-order valence-electron chi connectivity index (χ2n) is 3.08. The largest absolute Gasteiger partial charge is 0.322 e. The predicted molar refractivity (Wildman–Crippen MR) is 55.8 cm³/mol. The molecule has 15 heavy (non-hydrogen) atoms. The van der Waals surface area contributed by atoms with Crippen molar-refractivity contribution < 1.29 is 9.59 Å². The molecule has 0 spiro atoms. The van der Waals surface area contributed by atoms with Crippen molar-refractivity contribution in [2.45, 2.75) is 6.92 Å². The summed E-state index contributed by atoms with van der Waals surface area (Å²) < 4.78 is 0. The first kappa shape index (κ1) is 11.2. The van der Waals surface area contributed by atoms with Crippen molar-refractivity contribution in [3.63, 3.8) is 0 Å². The van der Waals surface area contributed by atoms with Gasteiger partial charge in [0, 0.05) is 5.56 Å². The Labute approximate surface area is 87.6 Å². The topological polar surface area (TPSA) is 84.2 Å². The summed E-state index contributed by atoms with van der Waals surface area (Å²) in [6.45, 7) is 1.73. The number of hydrazine groups is 1. The van der Waals surface area contributed by atoms with Crippen LogP contribution in [0.1, 0.15) is 15.9 Å². The number of carbonyl (C=O) groups is 2. The monoisotopic (exact) mass is 207 g/mol. The molecular formula is C10H13N3O2. The van der Waals surface area contributed by atoms with Gasteiger partial charge in [-0.05, 0) is 19.1 Å². The Kier molecular flexibility index (Phi) is 3.82. The number of carbonyl (C=O) groups excluding carboxylic acids is 2. The molecule has 0 heterocycles. The minimum Gasteiger partial charge on any atom is -0.322 e. The van der Waals surface area contributed by atoms with E-state index < -0.39 is 5.91 Å². The van der Waals surface area contributed by atoms with Crippen LogP contribution in [0, 0.1) is 6.92 Å². The number of hydrogen-bond acceptors (Lipinski definition) is 3. The molecule has 0 aliphatic rings. The van der Waals surface area contributed by atoms with Gasteiger partial charge in [-0.3, -0.25) is 20.4 Å². The van der Waals surface area contributed by atoms with Gasteiger partial charge >= 0.3 is 0 Å². The summed E-state index contributed by atoms with van der Waals surface area (Å²) in [6, 6.07) is 7.05. The van der Waals surface area contributed by atoms with Gasteiger partial charge < -0.3 is 5.73 Å². The van der Waals surface area contributed by atoms with Crippen LogP contribution in [0.4, 0.5) is 0 Å². The highest BCUT2D eigenvalue weighted by molar-refractivity contribution is 5.95. The van der Waals surface area contributed by atoms with E-state index in [9.17, 15) is 9.59 Å². The van der Waals surface area contributed by atoms with Crippen LogP contribution >= 0.6 is 0 Å². The Balaban J connectivity index is 2.58. The van der Waals surface area contributed by atoms with Crippen molar-refractivity contribution in [3.05, 3.63) is 35.4 Å². The molecule has 0 unspecified atom stereocenters. The lowest BCUT2D eigenvalue weighted by Crippen LogP contribution is -2.44. The molecule has 80 valence electrons. The Morgan fingerprint density at radius 1 is 1.33 bits per heavy atom. The van der Waals surface area contributed by atoms with Crippen molar-refractivity contribution in [1.82, 2.24) is 10.9 Å². The van der Waals surface area contributed by atoms with Crippen molar-refractivity contribution in [2.75, 3.05) is 6.54 Å². The zero-order valence-electron chi connectivity index (χ0n) is 8.41. The smallest absolute Gasteiger partial charge is 0.269 e. The van der Waals surface area contributed by atoms with E-state index >= 15 is 0 Å². The summed E-state index contributed by atoms with van der Waals surface area (Å²) in [5.41, 5.74) is 11.0. The number of aryl methyl sites for hydroxylation is 1. The third-order valence-electron chi connectivity index (χ3n) is 1.78. The zero-order valence-corrected chi connectivity index (χ0v) is 8.41. The second-order valence-corrected chi connectivity index (χ2v) is 3.08. The maximum Gasteiger partial charge on any atom is 0.269 e. The van der Waals surface area contributed by atoms with E-state index in [0.717, 1.165) is 5.56 Å². The number of nitrogens with two attached hydrogens (primary N) is 1. The number of amides is 2. The minimum absolute atomic E-state index is 0.159. The molecule has 0 bridgehead atoms. The Hall–Kier alpha value is -1.88. The van der Waals surface area contributed by atoms with Crippen LogP contribution in [0.25, 0.3) is 0 Å². The SMILES string of the molecule is Cc1cccc(C(=O)NNC(=O)CN)c1. The fourth-order valence-electron chi connectivity index (χ4n) is 1.04. The molecule has 0 saturated carbocycles. The third-order valence-corrected chi connectivity index (χ3v) is 1.78. The number of benzene rings is 1. The first-order valence-corrected chi connectivity index (χ1v) is 4.49. The molecular weight excluding hydrogens is 194 g/mol. The molecule has 1 aromatic rings. The Morgan fingerprint density at radius 3 is 2.67 bits per heavy atom. The molecule has 0 saturated heterocycles. The molecule has 5 heteroatoms. The van der Waals surface area contributed by atoms with Gasteiger partial charge in [0.15, 0.2) is 0 Å². The zero-order chi connectivity index (χ0) is 11.3. The average molecular weight is 207 g/mol. The number of nitrogens with one attached hydrogen (secondary N) is 2. The van der Waals surface area contributed by atoms with Crippen LogP contribution in [-0.4, -0.2) is 18.4 Å². The molecule has 4 N–H and O–H groups in total. The molecule has 0 atom stereocenters. The molecule has 0 fully saturated rings. The highest BCUT2D eigenvalue weighted by Crippen LogP contribution is 2.02. The van der Waals surface area contributed by atoms with E-state index in [1.165, 1.54) is 0 Å². The van der Waals surface area contributed by atoms with Gasteiger partial charge in [-0.25, -0.2) is 0 Å². The quantitative estimate of drug-likeness (QED) is 0.583. The first-order chi connectivity index (χ1) is 7.13. The molecule has 0 aliphatic heterocycles. The van der Waals surface area contributed by atoms with E-state index in [0.29, 0.717) is 5.56 Å². The molecule has 1 aromatic carbocycles. The summed E-state index contributed by atoms with van der Waals surface area (Å²) in [6.07, 6.45) is 0. The standard InChI is InChI=1S/C10H13N3O2/c1-7-3-2-4-8(5-7)10(15)13-12-9(14)6-11/h2-5H,6,11H2,1H3,(H,12,14)(H,13,15). The van der Waals surface area contributed by atoms with Crippen LogP contribution in [-0.2, 0) is 4.79 Å². The average Bonchev–Trinajstić information content (AvgIpc) is 2.25. The first-order valence-electron chi connectivity index (χ1n) is 4.49. The summed E-state index contributed by atoms with van der Waals surface area (Å²) in [5.74, 6) is -0.795. The fourth-order valence-corrected chi connectivity index (χ4v) is 1.04. The minimum atomic E-state index is -0.434. The maximum atomic E-state index is 11.5. The summed E-state index contributed by atoms with van der Waals surface area (Å²) in [4.78, 5) is 22.2. The van der Waals surface area contributed by atoms with Crippen LogP contribution < -0.4 is 16.6 Å². The van der Waals surface area contributed by atoms with Crippen molar-refractivity contribution in [3.8, 4) is 0 Å². The molecule has 0 radical (unpaired) electrons. The summed E-state index contributed by atoms with van der Waals surface area (Å²) in [7, 11) is 0. The lowest BCUT2D eigenvalue weighted by Gasteiger charge is -2.06. The molecule has 1 rings (SSSR count). The normalized spacial score (nSPS) is 9.47. The fraction of sp³-hybridized carbons (Fsp3) is 0.200. The van der Waals surface area contributed by atoms with Gasteiger partial charge in [-0.15, -0.1) is 0 Å². The van der Waals surface area contributed by atoms with E-state index in [1.807, 2.05) is 13.0 Å². The van der Waals surface area contributed by atoms with E-state index in [4.69, 9.17) is 5.73 Å². The van der Waals surface area contributed by atoms with Gasteiger partial charge in [-0.2, -0.15) is 0 Å². The highest BCUT2D eigenvalue weighted by atomic mass is 16.2. The molecule has 2 amide bonds.